The molecule has 0 amide bonds. The zero-order valence-electron chi connectivity index (χ0n) is 19.1. The van der Waals surface area contributed by atoms with E-state index in [2.05, 4.69) is 11.8 Å². The molecule has 1 fully saturated rings. The van der Waals surface area contributed by atoms with E-state index in [1.54, 1.807) is 11.6 Å². The average Bonchev–Trinajstić information content (AvgIpc) is 3.14. The van der Waals surface area contributed by atoms with E-state index in [-0.39, 0.29) is 13.2 Å². The zero-order chi connectivity index (χ0) is 23.0. The van der Waals surface area contributed by atoms with Crippen molar-refractivity contribution >= 4 is 17.1 Å². The van der Waals surface area contributed by atoms with E-state index in [0.29, 0.717) is 28.8 Å². The Hall–Kier alpha value is -3.07. The first kappa shape index (κ1) is 22.1. The highest BCUT2D eigenvalue weighted by molar-refractivity contribution is 5.74. The predicted molar refractivity (Wildman–Crippen MR) is 124 cm³/mol. The van der Waals surface area contributed by atoms with Crippen molar-refractivity contribution in [1.82, 2.24) is 18.7 Å². The molecule has 4 rings (SSSR count). The third-order valence-corrected chi connectivity index (χ3v) is 6.09. The van der Waals surface area contributed by atoms with Gasteiger partial charge in [0.05, 0.1) is 6.54 Å². The van der Waals surface area contributed by atoms with Crippen LogP contribution in [-0.4, -0.2) is 49.6 Å². The SMILES string of the molecule is Cc1cccc(OC[C@@H](O)Cn2c(N3CCC[C@@H](C)C3)nc3c2c(=O)n(C)c(=O)n3C)c1. The van der Waals surface area contributed by atoms with Crippen molar-refractivity contribution < 1.29 is 9.84 Å². The number of fused-ring (bicyclic) bond motifs is 1. The largest absolute Gasteiger partial charge is 0.491 e. The van der Waals surface area contributed by atoms with E-state index < -0.39 is 17.4 Å². The van der Waals surface area contributed by atoms with E-state index >= 15 is 0 Å². The molecule has 3 heterocycles. The molecule has 1 aromatic carbocycles. The molecule has 0 unspecified atom stereocenters. The number of piperidine rings is 1. The van der Waals surface area contributed by atoms with Crippen molar-refractivity contribution in [3.8, 4) is 5.75 Å². The summed E-state index contributed by atoms with van der Waals surface area (Å²) in [5.41, 5.74) is 0.881. The molecule has 32 heavy (non-hydrogen) atoms. The number of ether oxygens (including phenoxy) is 1. The van der Waals surface area contributed by atoms with Crippen LogP contribution in [-0.2, 0) is 20.6 Å². The van der Waals surface area contributed by atoms with Gasteiger partial charge in [0.2, 0.25) is 5.95 Å². The first-order valence-corrected chi connectivity index (χ1v) is 11.0. The number of imidazole rings is 1. The number of aliphatic hydroxyl groups is 1. The lowest BCUT2D eigenvalue weighted by Crippen LogP contribution is -2.39. The van der Waals surface area contributed by atoms with Crippen LogP contribution in [0, 0.1) is 12.8 Å². The normalized spacial score (nSPS) is 17.7. The highest BCUT2D eigenvalue weighted by atomic mass is 16.5. The second-order valence-corrected chi connectivity index (χ2v) is 8.88. The van der Waals surface area contributed by atoms with Crippen LogP contribution in [0.15, 0.2) is 33.9 Å². The predicted octanol–water partition coefficient (Wildman–Crippen LogP) is 1.42. The van der Waals surface area contributed by atoms with Gasteiger partial charge in [0.15, 0.2) is 11.2 Å². The minimum atomic E-state index is -0.865. The van der Waals surface area contributed by atoms with Crippen molar-refractivity contribution in [2.24, 2.45) is 20.0 Å². The summed E-state index contributed by atoms with van der Waals surface area (Å²) in [5, 5.41) is 10.8. The van der Waals surface area contributed by atoms with Gasteiger partial charge < -0.3 is 19.3 Å². The van der Waals surface area contributed by atoms with Crippen LogP contribution < -0.4 is 20.9 Å². The second-order valence-electron chi connectivity index (χ2n) is 8.88. The number of anilines is 1. The number of aryl methyl sites for hydroxylation is 2. The maximum Gasteiger partial charge on any atom is 0.332 e. The first-order chi connectivity index (χ1) is 15.3. The Kier molecular flexibility index (Phi) is 6.10. The Labute approximate surface area is 186 Å². The lowest BCUT2D eigenvalue weighted by atomic mass is 10.0. The smallest absolute Gasteiger partial charge is 0.332 e. The van der Waals surface area contributed by atoms with Crippen molar-refractivity contribution in [1.29, 1.82) is 0 Å². The van der Waals surface area contributed by atoms with Crippen LogP contribution in [0.3, 0.4) is 0 Å². The highest BCUT2D eigenvalue weighted by Crippen LogP contribution is 2.25. The molecule has 0 aliphatic carbocycles. The molecule has 1 saturated heterocycles. The van der Waals surface area contributed by atoms with Crippen LogP contribution in [0.4, 0.5) is 5.95 Å². The standard InChI is InChI=1S/C23H31N5O4/c1-15-7-5-9-18(11-15)32-14-17(29)13-28-19-20(25(3)23(31)26(4)21(19)30)24-22(28)27-10-6-8-16(2)12-27/h5,7,9,11,16-17,29H,6,8,10,12-14H2,1-4H3/t16-,17+/m1/s1. The van der Waals surface area contributed by atoms with Gasteiger partial charge in [-0.2, -0.15) is 4.98 Å². The first-order valence-electron chi connectivity index (χ1n) is 11.0. The molecule has 1 N–H and O–H groups in total. The van der Waals surface area contributed by atoms with Crippen molar-refractivity contribution in [2.45, 2.75) is 39.3 Å². The molecule has 2 atom stereocenters. The average molecular weight is 442 g/mol. The fourth-order valence-electron chi connectivity index (χ4n) is 4.38. The zero-order valence-corrected chi connectivity index (χ0v) is 19.1. The maximum atomic E-state index is 13.0. The van der Waals surface area contributed by atoms with Gasteiger partial charge in [-0.05, 0) is 43.4 Å². The Morgan fingerprint density at radius 2 is 2.03 bits per heavy atom. The Morgan fingerprint density at radius 3 is 2.75 bits per heavy atom. The summed E-state index contributed by atoms with van der Waals surface area (Å²) < 4.78 is 9.99. The molecule has 0 bridgehead atoms. The van der Waals surface area contributed by atoms with E-state index in [1.165, 1.54) is 11.6 Å². The number of hydrogen-bond donors (Lipinski definition) is 1. The van der Waals surface area contributed by atoms with Gasteiger partial charge >= 0.3 is 5.69 Å². The molecular weight excluding hydrogens is 410 g/mol. The number of nitrogens with zero attached hydrogens (tertiary/aromatic N) is 5. The van der Waals surface area contributed by atoms with Crippen LogP contribution in [0.2, 0.25) is 0 Å². The topological polar surface area (TPSA) is 94.5 Å². The maximum absolute atomic E-state index is 13.0. The molecule has 2 aromatic heterocycles. The van der Waals surface area contributed by atoms with E-state index in [9.17, 15) is 14.7 Å². The fourth-order valence-corrected chi connectivity index (χ4v) is 4.38. The summed E-state index contributed by atoms with van der Waals surface area (Å²) in [5.74, 6) is 1.79. The van der Waals surface area contributed by atoms with Crippen LogP contribution in [0.25, 0.3) is 11.2 Å². The molecule has 1 aliphatic rings. The highest BCUT2D eigenvalue weighted by Gasteiger charge is 2.26. The van der Waals surface area contributed by atoms with Gasteiger partial charge in [-0.1, -0.05) is 19.1 Å². The number of benzene rings is 1. The van der Waals surface area contributed by atoms with Crippen LogP contribution in [0.1, 0.15) is 25.3 Å². The van der Waals surface area contributed by atoms with E-state index in [4.69, 9.17) is 9.72 Å². The molecule has 172 valence electrons. The Morgan fingerprint density at radius 1 is 1.25 bits per heavy atom. The molecule has 1 aliphatic heterocycles. The summed E-state index contributed by atoms with van der Waals surface area (Å²) in [6.07, 6.45) is 1.31. The molecule has 0 saturated carbocycles. The third kappa shape index (κ3) is 4.17. The number of aliphatic hydroxyl groups excluding tert-OH is 1. The molecule has 9 nitrogen and oxygen atoms in total. The monoisotopic (exact) mass is 441 g/mol. The molecule has 3 aromatic rings. The number of hydrogen-bond acceptors (Lipinski definition) is 6. The van der Waals surface area contributed by atoms with Crippen molar-refractivity contribution in [3.05, 3.63) is 50.7 Å². The summed E-state index contributed by atoms with van der Waals surface area (Å²) in [6.45, 7) is 6.01. The summed E-state index contributed by atoms with van der Waals surface area (Å²) in [4.78, 5) is 32.3. The van der Waals surface area contributed by atoms with Crippen molar-refractivity contribution in [2.75, 3.05) is 24.6 Å². The van der Waals surface area contributed by atoms with Crippen LogP contribution in [0.5, 0.6) is 5.75 Å². The molecule has 9 heteroatoms. The Balaban J connectivity index is 1.71. The quantitative estimate of drug-likeness (QED) is 0.622. The summed E-state index contributed by atoms with van der Waals surface area (Å²) >= 11 is 0. The van der Waals surface area contributed by atoms with Gasteiger partial charge in [-0.3, -0.25) is 13.9 Å². The minimum absolute atomic E-state index is 0.0745. The molecule has 0 radical (unpaired) electrons. The lowest BCUT2D eigenvalue weighted by molar-refractivity contribution is 0.0935. The van der Waals surface area contributed by atoms with Gasteiger partial charge in [0.25, 0.3) is 5.56 Å². The van der Waals surface area contributed by atoms with Gasteiger partial charge in [-0.15, -0.1) is 0 Å². The molecule has 0 spiro atoms. The van der Waals surface area contributed by atoms with Gasteiger partial charge in [-0.25, -0.2) is 4.79 Å². The Bertz CT molecular complexity index is 1240. The lowest BCUT2D eigenvalue weighted by Gasteiger charge is -2.32. The van der Waals surface area contributed by atoms with Gasteiger partial charge in [0.1, 0.15) is 18.5 Å². The fraction of sp³-hybridized carbons (Fsp3) is 0.522. The summed E-state index contributed by atoms with van der Waals surface area (Å²) in [7, 11) is 3.07. The molecular formula is C23H31N5O4. The second kappa shape index (κ2) is 8.82. The van der Waals surface area contributed by atoms with Crippen molar-refractivity contribution in [3.63, 3.8) is 0 Å². The third-order valence-electron chi connectivity index (χ3n) is 6.09. The van der Waals surface area contributed by atoms with Crippen LogP contribution >= 0.6 is 0 Å². The van der Waals surface area contributed by atoms with E-state index in [1.807, 2.05) is 31.2 Å². The summed E-state index contributed by atoms with van der Waals surface area (Å²) in [6, 6.07) is 7.64. The van der Waals surface area contributed by atoms with Gasteiger partial charge in [0, 0.05) is 27.2 Å². The number of aromatic nitrogens is 4. The minimum Gasteiger partial charge on any atom is -0.491 e. The van der Waals surface area contributed by atoms with E-state index in [0.717, 1.165) is 36.1 Å². The number of rotatable bonds is 6.